The molecule has 0 saturated carbocycles. The highest BCUT2D eigenvalue weighted by atomic mass is 16.5. The van der Waals surface area contributed by atoms with Crippen LogP contribution in [-0.4, -0.2) is 27.3 Å². The van der Waals surface area contributed by atoms with Crippen molar-refractivity contribution < 1.29 is 9.53 Å². The van der Waals surface area contributed by atoms with E-state index in [9.17, 15) is 4.79 Å². The Bertz CT molecular complexity index is 1110. The molecule has 0 radical (unpaired) electrons. The molecule has 6 heteroatoms. The maximum Gasteiger partial charge on any atom is 0.263 e. The minimum Gasteiger partial charge on any atom is -0.483 e. The van der Waals surface area contributed by atoms with E-state index in [2.05, 4.69) is 27.5 Å². The summed E-state index contributed by atoms with van der Waals surface area (Å²) in [6.45, 7) is 0.652. The van der Waals surface area contributed by atoms with E-state index in [0.717, 1.165) is 24.9 Å². The molecule has 2 heterocycles. The number of nitrogens with one attached hydrogen (secondary N) is 1. The van der Waals surface area contributed by atoms with Gasteiger partial charge in [-0.3, -0.25) is 14.5 Å². The van der Waals surface area contributed by atoms with Crippen molar-refractivity contribution in [2.45, 2.75) is 19.4 Å². The van der Waals surface area contributed by atoms with Crippen molar-refractivity contribution in [3.8, 4) is 5.75 Å². The number of amides is 1. The molecule has 156 valence electrons. The predicted octanol–water partition coefficient (Wildman–Crippen LogP) is 4.13. The van der Waals surface area contributed by atoms with Gasteiger partial charge < -0.3 is 10.1 Å². The Morgan fingerprint density at radius 2 is 1.68 bits per heavy atom. The molecule has 0 aliphatic rings. The van der Waals surface area contributed by atoms with Crippen LogP contribution in [0.15, 0.2) is 91.4 Å². The highest BCUT2D eigenvalue weighted by Gasteiger charge is 2.09. The van der Waals surface area contributed by atoms with Crippen LogP contribution < -0.4 is 10.1 Å². The monoisotopic (exact) mass is 412 g/mol. The third-order valence-electron chi connectivity index (χ3n) is 4.86. The number of carbonyl (C=O) groups is 1. The van der Waals surface area contributed by atoms with Gasteiger partial charge in [0.15, 0.2) is 12.4 Å². The molecule has 0 atom stereocenters. The van der Waals surface area contributed by atoms with Crippen molar-refractivity contribution in [2.24, 2.45) is 0 Å². The maximum absolute atomic E-state index is 12.4. The van der Waals surface area contributed by atoms with Crippen molar-refractivity contribution in [1.82, 2.24) is 14.8 Å². The number of aromatic nitrogens is 3. The third-order valence-corrected chi connectivity index (χ3v) is 4.86. The van der Waals surface area contributed by atoms with Crippen molar-refractivity contribution in [3.63, 3.8) is 0 Å². The van der Waals surface area contributed by atoms with Crippen molar-refractivity contribution in [3.05, 3.63) is 108 Å². The van der Waals surface area contributed by atoms with Crippen LogP contribution in [0.3, 0.4) is 0 Å². The lowest BCUT2D eigenvalue weighted by atomic mass is 10.0. The van der Waals surface area contributed by atoms with Crippen molar-refractivity contribution in [1.29, 1.82) is 0 Å². The van der Waals surface area contributed by atoms with E-state index in [-0.39, 0.29) is 12.5 Å². The van der Waals surface area contributed by atoms with Crippen LogP contribution >= 0.6 is 0 Å². The Morgan fingerprint density at radius 1 is 0.903 bits per heavy atom. The number of ether oxygens (including phenoxy) is 1. The number of rotatable bonds is 9. The van der Waals surface area contributed by atoms with Crippen LogP contribution in [0.5, 0.6) is 5.75 Å². The van der Waals surface area contributed by atoms with Crippen molar-refractivity contribution in [2.75, 3.05) is 11.9 Å². The Morgan fingerprint density at radius 3 is 2.52 bits per heavy atom. The molecule has 1 N–H and O–H groups in total. The van der Waals surface area contributed by atoms with Gasteiger partial charge >= 0.3 is 0 Å². The topological polar surface area (TPSA) is 69.0 Å². The first-order valence-electron chi connectivity index (χ1n) is 10.2. The predicted molar refractivity (Wildman–Crippen MR) is 120 cm³/mol. The van der Waals surface area contributed by atoms with Gasteiger partial charge in [-0.15, -0.1) is 0 Å². The van der Waals surface area contributed by atoms with Crippen LogP contribution in [0.2, 0.25) is 0 Å². The van der Waals surface area contributed by atoms with E-state index in [0.29, 0.717) is 11.6 Å². The molecule has 31 heavy (non-hydrogen) atoms. The van der Waals surface area contributed by atoms with E-state index in [1.54, 1.807) is 18.5 Å². The molecule has 6 nitrogen and oxygen atoms in total. The fourth-order valence-electron chi connectivity index (χ4n) is 3.27. The first-order chi connectivity index (χ1) is 15.3. The van der Waals surface area contributed by atoms with Gasteiger partial charge in [-0.05, 0) is 41.3 Å². The quantitative estimate of drug-likeness (QED) is 0.449. The smallest absolute Gasteiger partial charge is 0.263 e. The number of anilines is 1. The summed E-state index contributed by atoms with van der Waals surface area (Å²) >= 11 is 0. The zero-order chi connectivity index (χ0) is 21.3. The highest BCUT2D eigenvalue weighted by molar-refractivity contribution is 5.90. The first kappa shape index (κ1) is 20.3. The summed E-state index contributed by atoms with van der Waals surface area (Å²) < 4.78 is 7.61. The number of para-hydroxylation sites is 1. The van der Waals surface area contributed by atoms with Crippen molar-refractivity contribution >= 4 is 11.7 Å². The van der Waals surface area contributed by atoms with E-state index in [1.165, 1.54) is 11.1 Å². The molecule has 0 aliphatic heterocycles. The third kappa shape index (κ3) is 6.02. The van der Waals surface area contributed by atoms with Crippen LogP contribution in [-0.2, 0) is 24.2 Å². The fraction of sp³-hybridized carbons (Fsp3) is 0.160. The Kier molecular flexibility index (Phi) is 6.70. The molecule has 0 fully saturated rings. The summed E-state index contributed by atoms with van der Waals surface area (Å²) in [4.78, 5) is 16.4. The Hall–Kier alpha value is -3.93. The zero-order valence-corrected chi connectivity index (χ0v) is 17.1. The maximum atomic E-state index is 12.4. The molecule has 0 aliphatic carbocycles. The normalized spacial score (nSPS) is 10.6. The van der Waals surface area contributed by atoms with Gasteiger partial charge in [-0.1, -0.05) is 48.5 Å². The average molecular weight is 412 g/mol. The number of hydrogen-bond acceptors (Lipinski definition) is 4. The molecule has 4 aromatic rings. The lowest BCUT2D eigenvalue weighted by molar-refractivity contribution is -0.118. The Balaban J connectivity index is 1.29. The second-order valence-corrected chi connectivity index (χ2v) is 7.18. The minimum absolute atomic E-state index is 0.0737. The summed E-state index contributed by atoms with van der Waals surface area (Å²) in [5.41, 5.74) is 3.43. The fourth-order valence-corrected chi connectivity index (χ4v) is 3.27. The van der Waals surface area contributed by atoms with E-state index in [1.807, 2.05) is 65.5 Å². The molecule has 0 bridgehead atoms. The molecular formula is C25H24N4O2. The molecule has 4 rings (SSSR count). The van der Waals surface area contributed by atoms with E-state index < -0.39 is 0 Å². The van der Waals surface area contributed by atoms with Gasteiger partial charge in [0.2, 0.25) is 0 Å². The van der Waals surface area contributed by atoms with Gasteiger partial charge in [-0.25, -0.2) is 0 Å². The molecule has 0 unspecified atom stereocenters. The first-order valence-corrected chi connectivity index (χ1v) is 10.2. The molecule has 0 spiro atoms. The summed E-state index contributed by atoms with van der Waals surface area (Å²) in [5, 5.41) is 7.20. The van der Waals surface area contributed by atoms with Gasteiger partial charge in [0, 0.05) is 37.6 Å². The molecule has 2 aromatic carbocycles. The van der Waals surface area contributed by atoms with E-state index in [4.69, 9.17) is 4.74 Å². The molecule has 1 amide bonds. The second kappa shape index (κ2) is 10.2. The number of nitrogens with zero attached hydrogens (tertiary/aromatic N) is 3. The number of hydrogen-bond donors (Lipinski definition) is 1. The highest BCUT2D eigenvalue weighted by Crippen LogP contribution is 2.21. The number of pyridine rings is 1. The lowest BCUT2D eigenvalue weighted by Gasteiger charge is -2.11. The molecular weight excluding hydrogens is 388 g/mol. The molecule has 0 saturated heterocycles. The summed E-state index contributed by atoms with van der Waals surface area (Å²) in [5.74, 6) is 0.985. The van der Waals surface area contributed by atoms with Gasteiger partial charge in [-0.2, -0.15) is 5.10 Å². The second-order valence-electron chi connectivity index (χ2n) is 7.18. The van der Waals surface area contributed by atoms with Gasteiger partial charge in [0.1, 0.15) is 5.75 Å². The minimum atomic E-state index is -0.242. The van der Waals surface area contributed by atoms with Gasteiger partial charge in [0.05, 0.1) is 0 Å². The summed E-state index contributed by atoms with van der Waals surface area (Å²) in [7, 11) is 0. The number of aryl methyl sites for hydroxylation is 2. The van der Waals surface area contributed by atoms with E-state index >= 15 is 0 Å². The number of carbonyl (C=O) groups excluding carboxylic acids is 1. The van der Waals surface area contributed by atoms with Crippen LogP contribution in [0.25, 0.3) is 0 Å². The lowest BCUT2D eigenvalue weighted by Crippen LogP contribution is -2.21. The largest absolute Gasteiger partial charge is 0.483 e. The summed E-state index contributed by atoms with van der Waals surface area (Å²) in [6, 6.07) is 23.7. The SMILES string of the molecule is O=C(COc1ccccc1Cc1ccccc1)Nc1ccn(CCc2ccncc2)n1. The Labute approximate surface area is 181 Å². The summed E-state index contributed by atoms with van der Waals surface area (Å²) in [6.07, 6.45) is 7.01. The average Bonchev–Trinajstić information content (AvgIpc) is 3.26. The standard InChI is InChI=1S/C25H24N4O2/c30-25(27-24-13-17-29(28-24)16-12-20-10-14-26-15-11-20)19-31-23-9-5-4-8-22(23)18-21-6-2-1-3-7-21/h1-11,13-15,17H,12,16,18-19H2,(H,27,28,30). The van der Waals surface area contributed by atoms with Crippen LogP contribution in [0.1, 0.15) is 16.7 Å². The van der Waals surface area contributed by atoms with Crippen LogP contribution in [0, 0.1) is 0 Å². The molecule has 2 aromatic heterocycles. The van der Waals surface area contributed by atoms with Gasteiger partial charge in [0.25, 0.3) is 5.91 Å². The van der Waals surface area contributed by atoms with Crippen LogP contribution in [0.4, 0.5) is 5.82 Å². The number of benzene rings is 2. The zero-order valence-electron chi connectivity index (χ0n) is 17.1.